The second-order valence-corrected chi connectivity index (χ2v) is 7.98. The summed E-state index contributed by atoms with van der Waals surface area (Å²) in [6.45, 7) is 4.04. The summed E-state index contributed by atoms with van der Waals surface area (Å²) >= 11 is 0. The first-order chi connectivity index (χ1) is 14.1. The molecule has 0 atom stereocenters. The van der Waals surface area contributed by atoms with Gasteiger partial charge in [0.2, 0.25) is 0 Å². The summed E-state index contributed by atoms with van der Waals surface area (Å²) in [4.78, 5) is 26.1. The molecule has 1 amide bonds. The zero-order valence-electron chi connectivity index (χ0n) is 16.9. The van der Waals surface area contributed by atoms with Crippen molar-refractivity contribution >= 4 is 11.7 Å². The number of anilines is 1. The summed E-state index contributed by atoms with van der Waals surface area (Å²) in [7, 11) is 1.82. The van der Waals surface area contributed by atoms with Gasteiger partial charge in [0.25, 0.3) is 5.91 Å². The standard InChI is InChI=1S/C22H28FN5O/c1-27(18-8-9-18)22(29)20-15-25-21(24-10-13-28-11-2-3-12-28)19(26-20)14-16-4-6-17(23)7-5-16/h4-7,15,18H,2-3,8-14H2,1H3,(H,24,25). The van der Waals surface area contributed by atoms with Crippen LogP contribution < -0.4 is 5.32 Å². The largest absolute Gasteiger partial charge is 0.367 e. The van der Waals surface area contributed by atoms with Crippen LogP contribution in [-0.2, 0) is 6.42 Å². The zero-order chi connectivity index (χ0) is 20.2. The Hall–Kier alpha value is -2.54. The van der Waals surface area contributed by atoms with Crippen molar-refractivity contribution in [2.75, 3.05) is 38.5 Å². The highest BCUT2D eigenvalue weighted by atomic mass is 19.1. The van der Waals surface area contributed by atoms with Crippen molar-refractivity contribution < 1.29 is 9.18 Å². The minimum absolute atomic E-state index is 0.0935. The molecule has 0 bridgehead atoms. The van der Waals surface area contributed by atoms with E-state index < -0.39 is 0 Å². The molecule has 29 heavy (non-hydrogen) atoms. The number of hydrogen-bond donors (Lipinski definition) is 1. The number of halogens is 1. The molecule has 2 aromatic rings. The Labute approximate surface area is 171 Å². The van der Waals surface area contributed by atoms with E-state index >= 15 is 0 Å². The molecule has 1 aromatic carbocycles. The molecule has 1 aliphatic heterocycles. The summed E-state index contributed by atoms with van der Waals surface area (Å²) < 4.78 is 13.3. The predicted octanol–water partition coefficient (Wildman–Crippen LogP) is 2.95. The number of aromatic nitrogens is 2. The van der Waals surface area contributed by atoms with Crippen molar-refractivity contribution in [1.29, 1.82) is 0 Å². The summed E-state index contributed by atoms with van der Waals surface area (Å²) in [6.07, 6.45) is 6.69. The Kier molecular flexibility index (Phi) is 6.04. The maximum absolute atomic E-state index is 13.3. The number of benzene rings is 1. The van der Waals surface area contributed by atoms with Crippen LogP contribution in [0.3, 0.4) is 0 Å². The van der Waals surface area contributed by atoms with Crippen molar-refractivity contribution in [3.8, 4) is 0 Å². The molecule has 0 unspecified atom stereocenters. The highest BCUT2D eigenvalue weighted by Crippen LogP contribution is 2.26. The molecule has 4 rings (SSSR count). The van der Waals surface area contributed by atoms with Gasteiger partial charge in [-0.05, 0) is 56.5 Å². The second-order valence-electron chi connectivity index (χ2n) is 7.98. The van der Waals surface area contributed by atoms with E-state index in [1.54, 1.807) is 23.2 Å². The zero-order valence-corrected chi connectivity index (χ0v) is 16.9. The summed E-state index contributed by atoms with van der Waals surface area (Å²) in [5.74, 6) is 0.335. The lowest BCUT2D eigenvalue weighted by Gasteiger charge is -2.18. The van der Waals surface area contributed by atoms with E-state index in [0.717, 1.165) is 44.6 Å². The number of hydrogen-bond acceptors (Lipinski definition) is 5. The number of likely N-dealkylation sites (tertiary alicyclic amines) is 1. The maximum Gasteiger partial charge on any atom is 0.274 e. The third-order valence-corrected chi connectivity index (χ3v) is 5.68. The second kappa shape index (κ2) is 8.86. The first kappa shape index (κ1) is 19.8. The molecule has 2 fully saturated rings. The van der Waals surface area contributed by atoms with Gasteiger partial charge in [0, 0.05) is 32.6 Å². The van der Waals surface area contributed by atoms with E-state index in [-0.39, 0.29) is 11.7 Å². The van der Waals surface area contributed by atoms with Crippen LogP contribution in [-0.4, -0.2) is 64.9 Å². The third kappa shape index (κ3) is 5.09. The van der Waals surface area contributed by atoms with E-state index in [4.69, 9.17) is 0 Å². The Balaban J connectivity index is 1.51. The topological polar surface area (TPSA) is 61.4 Å². The van der Waals surface area contributed by atoms with Gasteiger partial charge in [0.1, 0.15) is 17.3 Å². The first-order valence-corrected chi connectivity index (χ1v) is 10.4. The molecule has 1 saturated heterocycles. The van der Waals surface area contributed by atoms with Gasteiger partial charge < -0.3 is 15.1 Å². The molecule has 1 N–H and O–H groups in total. The molecule has 2 aliphatic rings. The van der Waals surface area contributed by atoms with Crippen LogP contribution in [0.25, 0.3) is 0 Å². The average Bonchev–Trinajstić information content (AvgIpc) is 3.46. The lowest BCUT2D eigenvalue weighted by Crippen LogP contribution is -2.30. The quantitative estimate of drug-likeness (QED) is 0.742. The maximum atomic E-state index is 13.3. The molecule has 7 heteroatoms. The SMILES string of the molecule is CN(C(=O)c1cnc(NCCN2CCCC2)c(Cc2ccc(F)cc2)n1)C1CC1. The lowest BCUT2D eigenvalue weighted by molar-refractivity contribution is 0.0778. The van der Waals surface area contributed by atoms with E-state index in [0.29, 0.717) is 29.7 Å². The summed E-state index contributed by atoms with van der Waals surface area (Å²) in [5.41, 5.74) is 2.01. The van der Waals surface area contributed by atoms with Gasteiger partial charge in [0.05, 0.1) is 11.9 Å². The van der Waals surface area contributed by atoms with Crippen LogP contribution in [0.1, 0.15) is 47.4 Å². The smallest absolute Gasteiger partial charge is 0.274 e. The van der Waals surface area contributed by atoms with Crippen LogP contribution in [0.15, 0.2) is 30.5 Å². The van der Waals surface area contributed by atoms with Crippen molar-refractivity contribution in [2.45, 2.75) is 38.1 Å². The summed E-state index contributed by atoms with van der Waals surface area (Å²) in [5, 5.41) is 3.39. The fourth-order valence-corrected chi connectivity index (χ4v) is 3.74. The van der Waals surface area contributed by atoms with Crippen LogP contribution in [0.4, 0.5) is 10.2 Å². The molecule has 1 aromatic heterocycles. The van der Waals surface area contributed by atoms with E-state index in [2.05, 4.69) is 20.2 Å². The molecule has 0 radical (unpaired) electrons. The number of carbonyl (C=O) groups is 1. The van der Waals surface area contributed by atoms with Crippen LogP contribution >= 0.6 is 0 Å². The number of rotatable bonds is 8. The number of carbonyl (C=O) groups excluding carboxylic acids is 1. The molecule has 2 heterocycles. The van der Waals surface area contributed by atoms with Crippen LogP contribution in [0.5, 0.6) is 0 Å². The Morgan fingerprint density at radius 1 is 1.24 bits per heavy atom. The van der Waals surface area contributed by atoms with Gasteiger partial charge in [0.15, 0.2) is 0 Å². The number of nitrogens with one attached hydrogen (secondary N) is 1. The highest BCUT2D eigenvalue weighted by molar-refractivity contribution is 5.92. The predicted molar refractivity (Wildman–Crippen MR) is 111 cm³/mol. The van der Waals surface area contributed by atoms with Gasteiger partial charge in [-0.2, -0.15) is 0 Å². The monoisotopic (exact) mass is 397 g/mol. The lowest BCUT2D eigenvalue weighted by atomic mass is 10.1. The van der Waals surface area contributed by atoms with Gasteiger partial charge in [-0.1, -0.05) is 12.1 Å². The van der Waals surface area contributed by atoms with Gasteiger partial charge in [-0.3, -0.25) is 4.79 Å². The van der Waals surface area contributed by atoms with Crippen molar-refractivity contribution in [1.82, 2.24) is 19.8 Å². The van der Waals surface area contributed by atoms with Crippen molar-refractivity contribution in [3.63, 3.8) is 0 Å². The first-order valence-electron chi connectivity index (χ1n) is 10.4. The van der Waals surface area contributed by atoms with Crippen LogP contribution in [0.2, 0.25) is 0 Å². The van der Waals surface area contributed by atoms with E-state index in [9.17, 15) is 9.18 Å². The van der Waals surface area contributed by atoms with Gasteiger partial charge in [-0.15, -0.1) is 0 Å². The fraction of sp³-hybridized carbons (Fsp3) is 0.500. The van der Waals surface area contributed by atoms with Crippen molar-refractivity contribution in [2.24, 2.45) is 0 Å². The Morgan fingerprint density at radius 2 is 1.97 bits per heavy atom. The van der Waals surface area contributed by atoms with Gasteiger partial charge >= 0.3 is 0 Å². The summed E-state index contributed by atoms with van der Waals surface area (Å²) in [6, 6.07) is 6.70. The minimum atomic E-state index is -0.265. The molecular formula is C22H28FN5O. The van der Waals surface area contributed by atoms with E-state index in [1.807, 2.05) is 7.05 Å². The third-order valence-electron chi connectivity index (χ3n) is 5.68. The highest BCUT2D eigenvalue weighted by Gasteiger charge is 2.31. The molecule has 1 saturated carbocycles. The molecule has 6 nitrogen and oxygen atoms in total. The normalized spacial score (nSPS) is 16.8. The van der Waals surface area contributed by atoms with Crippen molar-refractivity contribution in [3.05, 3.63) is 53.2 Å². The molecule has 154 valence electrons. The Morgan fingerprint density at radius 3 is 2.66 bits per heavy atom. The van der Waals surface area contributed by atoms with E-state index in [1.165, 1.54) is 25.0 Å². The van der Waals surface area contributed by atoms with Crippen LogP contribution in [0, 0.1) is 5.82 Å². The minimum Gasteiger partial charge on any atom is -0.367 e. The fourth-order valence-electron chi connectivity index (χ4n) is 3.74. The molecule has 1 aliphatic carbocycles. The molecular weight excluding hydrogens is 369 g/mol. The Bertz CT molecular complexity index is 847. The molecule has 0 spiro atoms. The number of nitrogens with zero attached hydrogens (tertiary/aromatic N) is 4. The average molecular weight is 397 g/mol. The van der Waals surface area contributed by atoms with Gasteiger partial charge in [-0.25, -0.2) is 14.4 Å². The number of amides is 1.